The number of rotatable bonds is 4. The third kappa shape index (κ3) is 2.40. The number of hydrogen-bond acceptors (Lipinski definition) is 3. The van der Waals surface area contributed by atoms with E-state index in [2.05, 4.69) is 36.6 Å². The Hall–Kier alpha value is -0.730. The highest BCUT2D eigenvalue weighted by Crippen LogP contribution is 2.05. The van der Waals surface area contributed by atoms with Gasteiger partial charge in [0.1, 0.15) is 12.0 Å². The Morgan fingerprint density at radius 2 is 2.25 bits per heavy atom. The van der Waals surface area contributed by atoms with Crippen molar-refractivity contribution in [2.45, 2.75) is 46.2 Å². The van der Waals surface area contributed by atoms with Crippen LogP contribution in [0.4, 0.5) is 0 Å². The third-order valence-electron chi connectivity index (χ3n) is 2.09. The Balaban J connectivity index is 2.24. The fraction of sp³-hybridized carbons (Fsp3) is 0.889. The van der Waals surface area contributed by atoms with Gasteiger partial charge in [0.15, 0.2) is 0 Å². The summed E-state index contributed by atoms with van der Waals surface area (Å²) in [5.41, 5.74) is 3.09. The molecular weight excluding hydrogens is 150 g/mol. The highest BCUT2D eigenvalue weighted by atomic mass is 15.4. The largest absolute Gasteiger partial charge is 0.351 e. The molecule has 70 valence electrons. The highest BCUT2D eigenvalue weighted by molar-refractivity contribution is 5.83. The van der Waals surface area contributed by atoms with Crippen LogP contribution in [0.1, 0.15) is 40.0 Å². The Bertz CT molecular complexity index is 163. The molecule has 1 atom stereocenters. The van der Waals surface area contributed by atoms with Gasteiger partial charge in [0.05, 0.1) is 0 Å². The molecule has 3 nitrogen and oxygen atoms in total. The summed E-state index contributed by atoms with van der Waals surface area (Å²) < 4.78 is 0. The summed E-state index contributed by atoms with van der Waals surface area (Å²) in [6, 6.07) is 0. The minimum Gasteiger partial charge on any atom is -0.351 e. The number of nitrogens with zero attached hydrogens (tertiary/aromatic N) is 1. The minimum absolute atomic E-state index is 0.344. The molecule has 0 saturated carbocycles. The van der Waals surface area contributed by atoms with Gasteiger partial charge in [-0.05, 0) is 12.3 Å². The SMILES string of the molecule is CCCCC1=NNC(C(C)C)N1. The second kappa shape index (κ2) is 4.33. The van der Waals surface area contributed by atoms with E-state index in [1.165, 1.54) is 12.8 Å². The van der Waals surface area contributed by atoms with Gasteiger partial charge in [0, 0.05) is 6.42 Å². The zero-order valence-electron chi connectivity index (χ0n) is 8.22. The van der Waals surface area contributed by atoms with Crippen molar-refractivity contribution in [3.05, 3.63) is 0 Å². The van der Waals surface area contributed by atoms with E-state index in [9.17, 15) is 0 Å². The second-order valence-corrected chi connectivity index (χ2v) is 3.66. The van der Waals surface area contributed by atoms with Crippen LogP contribution in [0.15, 0.2) is 5.10 Å². The molecule has 0 spiro atoms. The molecule has 0 bridgehead atoms. The van der Waals surface area contributed by atoms with Gasteiger partial charge >= 0.3 is 0 Å². The lowest BCUT2D eigenvalue weighted by atomic mass is 10.1. The first-order valence-electron chi connectivity index (χ1n) is 4.82. The zero-order valence-corrected chi connectivity index (χ0v) is 8.22. The molecule has 0 saturated heterocycles. The van der Waals surface area contributed by atoms with Crippen molar-refractivity contribution in [3.8, 4) is 0 Å². The molecule has 1 rings (SSSR count). The van der Waals surface area contributed by atoms with Crippen molar-refractivity contribution in [3.63, 3.8) is 0 Å². The number of nitrogens with one attached hydrogen (secondary N) is 2. The Labute approximate surface area is 74.6 Å². The molecule has 12 heavy (non-hydrogen) atoms. The van der Waals surface area contributed by atoms with E-state index < -0.39 is 0 Å². The molecular formula is C9H19N3. The predicted octanol–water partition coefficient (Wildman–Crippen LogP) is 1.66. The van der Waals surface area contributed by atoms with E-state index in [1.807, 2.05) is 0 Å². The summed E-state index contributed by atoms with van der Waals surface area (Å²) in [7, 11) is 0. The maximum atomic E-state index is 4.23. The lowest BCUT2D eigenvalue weighted by Gasteiger charge is -2.15. The molecule has 0 aromatic carbocycles. The second-order valence-electron chi connectivity index (χ2n) is 3.66. The van der Waals surface area contributed by atoms with Crippen molar-refractivity contribution in [2.75, 3.05) is 0 Å². The van der Waals surface area contributed by atoms with E-state index in [0.29, 0.717) is 12.1 Å². The standard InChI is InChI=1S/C9H19N3/c1-4-5-6-8-10-9(7(2)3)12-11-8/h7,9,12H,4-6H2,1-3H3,(H,10,11). The van der Waals surface area contributed by atoms with E-state index in [4.69, 9.17) is 0 Å². The van der Waals surface area contributed by atoms with Crippen LogP contribution in [0, 0.1) is 5.92 Å². The lowest BCUT2D eigenvalue weighted by Crippen LogP contribution is -2.39. The minimum atomic E-state index is 0.344. The Morgan fingerprint density at radius 3 is 2.75 bits per heavy atom. The molecule has 1 unspecified atom stereocenters. The molecule has 1 aliphatic heterocycles. The van der Waals surface area contributed by atoms with Gasteiger partial charge in [0.2, 0.25) is 0 Å². The Morgan fingerprint density at radius 1 is 1.50 bits per heavy atom. The molecule has 0 aromatic rings. The average Bonchev–Trinajstić information content (AvgIpc) is 2.48. The van der Waals surface area contributed by atoms with Gasteiger partial charge in [-0.1, -0.05) is 27.2 Å². The summed E-state index contributed by atoms with van der Waals surface area (Å²) in [6.45, 7) is 6.56. The molecule has 0 aliphatic carbocycles. The van der Waals surface area contributed by atoms with Crippen molar-refractivity contribution in [2.24, 2.45) is 11.0 Å². The quantitative estimate of drug-likeness (QED) is 0.671. The van der Waals surface area contributed by atoms with Crippen LogP contribution in [0.3, 0.4) is 0 Å². The molecule has 0 amide bonds. The predicted molar refractivity (Wildman–Crippen MR) is 51.9 cm³/mol. The van der Waals surface area contributed by atoms with Crippen LogP contribution >= 0.6 is 0 Å². The fourth-order valence-electron chi connectivity index (χ4n) is 1.18. The first-order valence-corrected chi connectivity index (χ1v) is 4.82. The van der Waals surface area contributed by atoms with Gasteiger partial charge in [-0.3, -0.25) is 5.43 Å². The molecule has 0 radical (unpaired) electrons. The summed E-state index contributed by atoms with van der Waals surface area (Å²) in [5.74, 6) is 1.71. The van der Waals surface area contributed by atoms with Crippen molar-refractivity contribution in [1.82, 2.24) is 10.7 Å². The van der Waals surface area contributed by atoms with Gasteiger partial charge in [-0.2, -0.15) is 5.10 Å². The van der Waals surface area contributed by atoms with E-state index in [-0.39, 0.29) is 0 Å². The average molecular weight is 169 g/mol. The van der Waals surface area contributed by atoms with Crippen LogP contribution in [0.2, 0.25) is 0 Å². The van der Waals surface area contributed by atoms with Crippen molar-refractivity contribution >= 4 is 5.84 Å². The Kier molecular flexibility index (Phi) is 3.38. The summed E-state index contributed by atoms with van der Waals surface area (Å²) in [5, 5.41) is 7.60. The van der Waals surface area contributed by atoms with Gasteiger partial charge in [-0.25, -0.2) is 0 Å². The fourth-order valence-corrected chi connectivity index (χ4v) is 1.18. The zero-order chi connectivity index (χ0) is 8.97. The lowest BCUT2D eigenvalue weighted by molar-refractivity contribution is 0.411. The van der Waals surface area contributed by atoms with Crippen LogP contribution in [-0.2, 0) is 0 Å². The van der Waals surface area contributed by atoms with E-state index in [0.717, 1.165) is 12.3 Å². The van der Waals surface area contributed by atoms with Crippen molar-refractivity contribution in [1.29, 1.82) is 0 Å². The van der Waals surface area contributed by atoms with Crippen LogP contribution in [0.5, 0.6) is 0 Å². The first-order chi connectivity index (χ1) is 5.74. The highest BCUT2D eigenvalue weighted by Gasteiger charge is 2.18. The first kappa shape index (κ1) is 9.36. The number of amidine groups is 1. The molecule has 0 aromatic heterocycles. The third-order valence-corrected chi connectivity index (χ3v) is 2.09. The maximum absolute atomic E-state index is 4.23. The monoisotopic (exact) mass is 169 g/mol. The van der Waals surface area contributed by atoms with Gasteiger partial charge in [-0.15, -0.1) is 0 Å². The number of hydrazone groups is 1. The van der Waals surface area contributed by atoms with Crippen molar-refractivity contribution < 1.29 is 0 Å². The summed E-state index contributed by atoms with van der Waals surface area (Å²) in [4.78, 5) is 0. The number of unbranched alkanes of at least 4 members (excludes halogenated alkanes) is 1. The molecule has 3 heteroatoms. The van der Waals surface area contributed by atoms with Gasteiger partial charge < -0.3 is 5.32 Å². The molecule has 1 aliphatic rings. The maximum Gasteiger partial charge on any atom is 0.123 e. The molecule has 0 fully saturated rings. The molecule has 2 N–H and O–H groups in total. The molecule has 1 heterocycles. The van der Waals surface area contributed by atoms with Gasteiger partial charge in [0.25, 0.3) is 0 Å². The van der Waals surface area contributed by atoms with Crippen LogP contribution in [0.25, 0.3) is 0 Å². The normalized spacial score (nSPS) is 22.0. The van der Waals surface area contributed by atoms with Crippen LogP contribution in [-0.4, -0.2) is 12.0 Å². The van der Waals surface area contributed by atoms with Crippen LogP contribution < -0.4 is 10.7 Å². The smallest absolute Gasteiger partial charge is 0.123 e. The number of hydrogen-bond donors (Lipinski definition) is 2. The van der Waals surface area contributed by atoms with E-state index in [1.54, 1.807) is 0 Å². The summed E-state index contributed by atoms with van der Waals surface area (Å²) >= 11 is 0. The topological polar surface area (TPSA) is 36.4 Å². The summed E-state index contributed by atoms with van der Waals surface area (Å²) in [6.07, 6.45) is 3.87. The van der Waals surface area contributed by atoms with E-state index >= 15 is 0 Å².